The van der Waals surface area contributed by atoms with Gasteiger partial charge >= 0.3 is 0 Å². The Kier molecular flexibility index (Phi) is 3.24. The van der Waals surface area contributed by atoms with Crippen LogP contribution in [0.15, 0.2) is 22.7 Å². The highest BCUT2D eigenvalue weighted by atomic mass is 79.9. The Morgan fingerprint density at radius 3 is 2.83 bits per heavy atom. The third-order valence-electron chi connectivity index (χ3n) is 1.50. The van der Waals surface area contributed by atoms with Gasteiger partial charge in [0.15, 0.2) is 0 Å². The minimum absolute atomic E-state index is 0.262. The Bertz CT molecular complexity index is 317. The van der Waals surface area contributed by atoms with E-state index < -0.39 is 0 Å². The van der Waals surface area contributed by atoms with Crippen molar-refractivity contribution in [2.45, 2.75) is 6.42 Å². The fourth-order valence-electron chi connectivity index (χ4n) is 0.880. The molecule has 0 heterocycles. The second-order valence-electron chi connectivity index (χ2n) is 2.38. The summed E-state index contributed by atoms with van der Waals surface area (Å²) < 4.78 is 13.2. The van der Waals surface area contributed by atoms with Crippen molar-refractivity contribution >= 4 is 15.9 Å². The van der Waals surface area contributed by atoms with Crippen molar-refractivity contribution in [2.24, 2.45) is 0 Å². The van der Waals surface area contributed by atoms with E-state index in [1.165, 1.54) is 6.07 Å². The average Bonchev–Trinajstić information content (AvgIpc) is 2.07. The fraction of sp³-hybridized carbons (Fsp3) is 0.222. The molecule has 0 amide bonds. The second kappa shape index (κ2) is 4.22. The highest BCUT2D eigenvalue weighted by Crippen LogP contribution is 2.16. The second-order valence-corrected chi connectivity index (χ2v) is 3.23. The summed E-state index contributed by atoms with van der Waals surface area (Å²) in [4.78, 5) is 3.22. The molecular formula is C9H7BrFN. The van der Waals surface area contributed by atoms with Crippen LogP contribution < -0.4 is 0 Å². The van der Waals surface area contributed by atoms with E-state index >= 15 is 0 Å². The van der Waals surface area contributed by atoms with Crippen molar-refractivity contribution in [1.29, 1.82) is 0 Å². The van der Waals surface area contributed by atoms with Gasteiger partial charge in [0.25, 0.3) is 0 Å². The van der Waals surface area contributed by atoms with Crippen LogP contribution in [-0.2, 0) is 6.42 Å². The van der Waals surface area contributed by atoms with Gasteiger partial charge in [-0.15, -0.1) is 0 Å². The molecule has 0 spiro atoms. The Hall–Kier alpha value is -0.880. The molecule has 3 heteroatoms. The van der Waals surface area contributed by atoms with Gasteiger partial charge in [-0.2, -0.15) is 0 Å². The van der Waals surface area contributed by atoms with Crippen LogP contribution in [0.5, 0.6) is 0 Å². The van der Waals surface area contributed by atoms with Crippen molar-refractivity contribution in [3.63, 3.8) is 0 Å². The molecule has 1 nitrogen and oxygen atoms in total. The van der Waals surface area contributed by atoms with Gasteiger partial charge in [-0.1, -0.05) is 6.07 Å². The molecule has 1 aromatic rings. The van der Waals surface area contributed by atoms with Crippen molar-refractivity contribution < 1.29 is 4.39 Å². The molecule has 0 atom stereocenters. The molecule has 0 aromatic heterocycles. The molecule has 0 aliphatic carbocycles. The summed E-state index contributed by atoms with van der Waals surface area (Å²) in [6.07, 6.45) is 0.683. The lowest BCUT2D eigenvalue weighted by atomic mass is 10.1. The van der Waals surface area contributed by atoms with E-state index in [1.54, 1.807) is 12.1 Å². The molecule has 0 fully saturated rings. The maximum Gasteiger partial charge on any atom is 0.218 e. The average molecular weight is 228 g/mol. The van der Waals surface area contributed by atoms with Crippen molar-refractivity contribution in [3.8, 4) is 0 Å². The maximum absolute atomic E-state index is 12.7. The minimum Gasteiger partial charge on any atom is -0.317 e. The van der Waals surface area contributed by atoms with Gasteiger partial charge < -0.3 is 4.85 Å². The van der Waals surface area contributed by atoms with E-state index in [-0.39, 0.29) is 5.82 Å². The normalized spacial score (nSPS) is 9.42. The largest absolute Gasteiger partial charge is 0.317 e. The first kappa shape index (κ1) is 9.21. The van der Waals surface area contributed by atoms with Gasteiger partial charge in [0.1, 0.15) is 5.82 Å². The molecule has 0 saturated heterocycles. The Morgan fingerprint density at radius 2 is 2.25 bits per heavy atom. The quantitative estimate of drug-likeness (QED) is 0.685. The molecule has 62 valence electrons. The lowest BCUT2D eigenvalue weighted by molar-refractivity contribution is 0.620. The predicted octanol–water partition coefficient (Wildman–Crippen LogP) is 3.05. The minimum atomic E-state index is -0.262. The van der Waals surface area contributed by atoms with Crippen LogP contribution in [0, 0.1) is 12.4 Å². The number of nitrogens with zero attached hydrogens (tertiary/aromatic N) is 1. The molecule has 0 unspecified atom stereocenters. The van der Waals surface area contributed by atoms with Crippen LogP contribution in [0.25, 0.3) is 4.85 Å². The molecule has 12 heavy (non-hydrogen) atoms. The number of hydrogen-bond donors (Lipinski definition) is 0. The van der Waals surface area contributed by atoms with Gasteiger partial charge in [-0.3, -0.25) is 0 Å². The van der Waals surface area contributed by atoms with Crippen molar-refractivity contribution in [1.82, 2.24) is 0 Å². The number of benzene rings is 1. The monoisotopic (exact) mass is 227 g/mol. The van der Waals surface area contributed by atoms with Crippen LogP contribution >= 0.6 is 15.9 Å². The summed E-state index contributed by atoms with van der Waals surface area (Å²) in [5.74, 6) is -0.262. The standard InChI is InChI=1S/C9H7BrFN/c1-12-5-4-7-2-3-9(11)8(10)6-7/h2-3,6H,4-5H2. The zero-order valence-electron chi connectivity index (χ0n) is 6.35. The third-order valence-corrected chi connectivity index (χ3v) is 2.10. The molecule has 0 N–H and O–H groups in total. The molecule has 0 bridgehead atoms. The fourth-order valence-corrected chi connectivity index (χ4v) is 1.31. The summed E-state index contributed by atoms with van der Waals surface area (Å²) in [5.41, 5.74) is 0.985. The van der Waals surface area contributed by atoms with Gasteiger partial charge in [0.05, 0.1) is 4.47 Å². The molecule has 1 aromatic carbocycles. The van der Waals surface area contributed by atoms with E-state index in [2.05, 4.69) is 20.8 Å². The Morgan fingerprint density at radius 1 is 1.50 bits per heavy atom. The molecule has 0 aliphatic heterocycles. The van der Waals surface area contributed by atoms with Crippen LogP contribution in [-0.4, -0.2) is 6.54 Å². The number of rotatable bonds is 2. The van der Waals surface area contributed by atoms with E-state index in [9.17, 15) is 4.39 Å². The first-order valence-corrected chi connectivity index (χ1v) is 4.30. The van der Waals surface area contributed by atoms with Gasteiger partial charge in [0.2, 0.25) is 6.54 Å². The van der Waals surface area contributed by atoms with Crippen LogP contribution in [0.3, 0.4) is 0 Å². The van der Waals surface area contributed by atoms with Gasteiger partial charge in [0, 0.05) is 6.42 Å². The zero-order chi connectivity index (χ0) is 8.97. The topological polar surface area (TPSA) is 4.36 Å². The van der Waals surface area contributed by atoms with Crippen LogP contribution in [0.1, 0.15) is 5.56 Å². The predicted molar refractivity (Wildman–Crippen MR) is 49.3 cm³/mol. The van der Waals surface area contributed by atoms with E-state index in [1.807, 2.05) is 0 Å². The van der Waals surface area contributed by atoms with E-state index in [4.69, 9.17) is 6.57 Å². The molecule has 1 rings (SSSR count). The molecule has 0 radical (unpaired) electrons. The van der Waals surface area contributed by atoms with E-state index in [0.29, 0.717) is 17.4 Å². The maximum atomic E-state index is 12.7. The van der Waals surface area contributed by atoms with Crippen molar-refractivity contribution in [2.75, 3.05) is 6.54 Å². The summed E-state index contributed by atoms with van der Waals surface area (Å²) in [6, 6.07) is 4.81. The van der Waals surface area contributed by atoms with Crippen molar-refractivity contribution in [3.05, 3.63) is 45.5 Å². The molecule has 0 aliphatic rings. The summed E-state index contributed by atoms with van der Waals surface area (Å²) in [6.45, 7) is 7.04. The smallest absolute Gasteiger partial charge is 0.218 e. The van der Waals surface area contributed by atoms with Gasteiger partial charge in [-0.05, 0) is 33.6 Å². The van der Waals surface area contributed by atoms with Crippen LogP contribution in [0.4, 0.5) is 4.39 Å². The summed E-state index contributed by atoms with van der Waals surface area (Å²) >= 11 is 3.09. The summed E-state index contributed by atoms with van der Waals surface area (Å²) in [7, 11) is 0. The lowest BCUT2D eigenvalue weighted by Gasteiger charge is -1.97. The van der Waals surface area contributed by atoms with Gasteiger partial charge in [-0.25, -0.2) is 11.0 Å². The lowest BCUT2D eigenvalue weighted by Crippen LogP contribution is -1.88. The van der Waals surface area contributed by atoms with Crippen LogP contribution in [0.2, 0.25) is 0 Å². The number of halogens is 2. The Labute approximate surface area is 79.2 Å². The highest BCUT2D eigenvalue weighted by Gasteiger charge is 2.00. The van der Waals surface area contributed by atoms with E-state index in [0.717, 1.165) is 5.56 Å². The first-order valence-electron chi connectivity index (χ1n) is 3.51. The number of hydrogen-bond acceptors (Lipinski definition) is 0. The zero-order valence-corrected chi connectivity index (χ0v) is 7.94. The summed E-state index contributed by atoms with van der Waals surface area (Å²) in [5, 5.41) is 0. The first-order chi connectivity index (χ1) is 5.74. The molecule has 0 saturated carbocycles. The molecular weight excluding hydrogens is 221 g/mol. The third kappa shape index (κ3) is 2.31. The Balaban J connectivity index is 2.77. The SMILES string of the molecule is [C-]#[N+]CCc1ccc(F)c(Br)c1. The highest BCUT2D eigenvalue weighted by molar-refractivity contribution is 9.10.